The summed E-state index contributed by atoms with van der Waals surface area (Å²) < 4.78 is 21.5. The van der Waals surface area contributed by atoms with E-state index in [0.29, 0.717) is 12.2 Å². The number of nitrogens with one attached hydrogen (secondary N) is 1. The molecule has 4 nitrogen and oxygen atoms in total. The molecule has 0 aliphatic carbocycles. The second-order valence-corrected chi connectivity index (χ2v) is 5.62. The first-order valence-corrected chi connectivity index (χ1v) is 6.37. The normalized spacial score (nSPS) is 24.6. The van der Waals surface area contributed by atoms with Crippen molar-refractivity contribution < 1.29 is 13.6 Å². The van der Waals surface area contributed by atoms with E-state index in [2.05, 4.69) is 5.32 Å². The van der Waals surface area contributed by atoms with Crippen molar-refractivity contribution in [2.24, 2.45) is 0 Å². The summed E-state index contributed by atoms with van der Waals surface area (Å²) >= 11 is 0. The third-order valence-electron chi connectivity index (χ3n) is 2.41. The van der Waals surface area contributed by atoms with E-state index in [4.69, 9.17) is 9.05 Å². The predicted molar refractivity (Wildman–Crippen MR) is 52.1 cm³/mol. The molecule has 0 bridgehead atoms. The molecule has 0 aromatic carbocycles. The maximum absolute atomic E-state index is 11.7. The lowest BCUT2D eigenvalue weighted by atomic mass is 10.1. The van der Waals surface area contributed by atoms with Gasteiger partial charge >= 0.3 is 7.60 Å². The van der Waals surface area contributed by atoms with Crippen molar-refractivity contribution in [3.63, 3.8) is 0 Å². The lowest BCUT2D eigenvalue weighted by Crippen LogP contribution is -2.36. The van der Waals surface area contributed by atoms with E-state index >= 15 is 0 Å². The third-order valence-corrected chi connectivity index (χ3v) is 4.41. The topological polar surface area (TPSA) is 47.6 Å². The molecule has 5 heteroatoms. The van der Waals surface area contributed by atoms with Crippen LogP contribution in [-0.2, 0) is 13.6 Å². The maximum atomic E-state index is 11.7. The molecule has 1 atom stereocenters. The Labute approximate surface area is 79.5 Å². The van der Waals surface area contributed by atoms with Crippen molar-refractivity contribution in [1.29, 1.82) is 0 Å². The van der Waals surface area contributed by atoms with E-state index in [1.54, 1.807) is 0 Å². The Morgan fingerprint density at radius 2 is 2.08 bits per heavy atom. The molecule has 1 aliphatic rings. The predicted octanol–water partition coefficient (Wildman–Crippen LogP) is 1.61. The summed E-state index contributed by atoms with van der Waals surface area (Å²) in [7, 11) is 0.0631. The van der Waals surface area contributed by atoms with Crippen LogP contribution in [-0.4, -0.2) is 33.0 Å². The van der Waals surface area contributed by atoms with Crippen LogP contribution in [0.15, 0.2) is 0 Å². The molecule has 0 spiro atoms. The van der Waals surface area contributed by atoms with Crippen LogP contribution >= 0.6 is 7.60 Å². The van der Waals surface area contributed by atoms with E-state index in [9.17, 15) is 4.57 Å². The minimum Gasteiger partial charge on any atom is -0.313 e. The van der Waals surface area contributed by atoms with Gasteiger partial charge in [0.2, 0.25) is 0 Å². The minimum absolute atomic E-state index is 0.291. The summed E-state index contributed by atoms with van der Waals surface area (Å²) in [4.78, 5) is 0. The van der Waals surface area contributed by atoms with Crippen LogP contribution in [0.4, 0.5) is 0 Å². The Kier molecular flexibility index (Phi) is 4.39. The molecule has 1 heterocycles. The van der Waals surface area contributed by atoms with Crippen LogP contribution in [0.1, 0.15) is 19.3 Å². The molecule has 1 saturated heterocycles. The molecule has 0 saturated carbocycles. The molecule has 0 amide bonds. The number of hydrogen-bond acceptors (Lipinski definition) is 4. The van der Waals surface area contributed by atoms with Gasteiger partial charge in [-0.2, -0.15) is 0 Å². The molecular weight excluding hydrogens is 189 g/mol. The molecule has 13 heavy (non-hydrogen) atoms. The summed E-state index contributed by atoms with van der Waals surface area (Å²) in [5.41, 5.74) is 0. The lowest BCUT2D eigenvalue weighted by molar-refractivity contribution is 0.267. The summed E-state index contributed by atoms with van der Waals surface area (Å²) in [5, 5.41) is 3.31. The first kappa shape index (κ1) is 11.2. The quantitative estimate of drug-likeness (QED) is 0.711. The van der Waals surface area contributed by atoms with Gasteiger partial charge < -0.3 is 14.4 Å². The Balaban J connectivity index is 2.40. The standard InChI is InChI=1S/C8H18NO3P/c1-11-13(10,12-2)7-8-5-3-4-6-9-8/h8-9H,3-7H2,1-2H3. The Hall–Kier alpha value is 0.110. The first-order chi connectivity index (χ1) is 6.20. The molecule has 1 rings (SSSR count). The van der Waals surface area contributed by atoms with Gasteiger partial charge in [0.05, 0.1) is 6.16 Å². The molecule has 0 aromatic heterocycles. The molecule has 0 radical (unpaired) electrons. The molecule has 1 N–H and O–H groups in total. The van der Waals surface area contributed by atoms with Crippen molar-refractivity contribution in [2.75, 3.05) is 26.9 Å². The van der Waals surface area contributed by atoms with Crippen LogP contribution in [0.25, 0.3) is 0 Å². The first-order valence-electron chi connectivity index (χ1n) is 4.64. The number of hydrogen-bond donors (Lipinski definition) is 1. The molecule has 0 aromatic rings. The summed E-state index contributed by atoms with van der Waals surface area (Å²) in [6, 6.07) is 0.291. The van der Waals surface area contributed by atoms with Gasteiger partial charge in [-0.25, -0.2) is 0 Å². The van der Waals surface area contributed by atoms with Crippen LogP contribution in [0.3, 0.4) is 0 Å². The van der Waals surface area contributed by atoms with Gasteiger partial charge in [-0.15, -0.1) is 0 Å². The van der Waals surface area contributed by atoms with E-state index in [1.807, 2.05) is 0 Å². The summed E-state index contributed by atoms with van der Waals surface area (Å²) in [6.07, 6.45) is 3.96. The Morgan fingerprint density at radius 3 is 2.54 bits per heavy atom. The van der Waals surface area contributed by atoms with Gasteiger partial charge in [-0.05, 0) is 19.4 Å². The fourth-order valence-corrected chi connectivity index (χ4v) is 2.87. The Morgan fingerprint density at radius 1 is 1.38 bits per heavy atom. The van der Waals surface area contributed by atoms with Crippen molar-refractivity contribution in [2.45, 2.75) is 25.3 Å². The number of piperidine rings is 1. The van der Waals surface area contributed by atoms with Gasteiger partial charge in [0, 0.05) is 20.3 Å². The minimum atomic E-state index is -2.81. The van der Waals surface area contributed by atoms with Gasteiger partial charge in [0.1, 0.15) is 0 Å². The van der Waals surface area contributed by atoms with Gasteiger partial charge in [0.25, 0.3) is 0 Å². The van der Waals surface area contributed by atoms with Crippen molar-refractivity contribution in [3.8, 4) is 0 Å². The van der Waals surface area contributed by atoms with Gasteiger partial charge in [-0.1, -0.05) is 6.42 Å². The number of rotatable bonds is 4. The van der Waals surface area contributed by atoms with Gasteiger partial charge in [-0.3, -0.25) is 4.57 Å². The van der Waals surface area contributed by atoms with Crippen LogP contribution < -0.4 is 5.32 Å². The zero-order valence-electron chi connectivity index (χ0n) is 8.28. The fraction of sp³-hybridized carbons (Fsp3) is 1.00. The second-order valence-electron chi connectivity index (χ2n) is 3.31. The molecular formula is C8H18NO3P. The van der Waals surface area contributed by atoms with Crippen molar-refractivity contribution in [3.05, 3.63) is 0 Å². The molecule has 1 unspecified atom stereocenters. The highest BCUT2D eigenvalue weighted by Gasteiger charge is 2.27. The maximum Gasteiger partial charge on any atom is 0.331 e. The fourth-order valence-electron chi connectivity index (χ4n) is 1.57. The lowest BCUT2D eigenvalue weighted by Gasteiger charge is -2.25. The highest BCUT2D eigenvalue weighted by atomic mass is 31.2. The van der Waals surface area contributed by atoms with Crippen LogP contribution in [0.2, 0.25) is 0 Å². The smallest absolute Gasteiger partial charge is 0.313 e. The average molecular weight is 207 g/mol. The molecule has 1 aliphatic heterocycles. The zero-order valence-corrected chi connectivity index (χ0v) is 9.18. The van der Waals surface area contributed by atoms with E-state index in [1.165, 1.54) is 27.1 Å². The van der Waals surface area contributed by atoms with Gasteiger partial charge in [0.15, 0.2) is 0 Å². The largest absolute Gasteiger partial charge is 0.331 e. The monoisotopic (exact) mass is 207 g/mol. The highest BCUT2D eigenvalue weighted by Crippen LogP contribution is 2.47. The van der Waals surface area contributed by atoms with Crippen molar-refractivity contribution in [1.82, 2.24) is 5.32 Å². The highest BCUT2D eigenvalue weighted by molar-refractivity contribution is 7.53. The third kappa shape index (κ3) is 3.39. The zero-order chi connectivity index (χ0) is 9.73. The SMILES string of the molecule is COP(=O)(CC1CCCCN1)OC. The van der Waals surface area contributed by atoms with Crippen LogP contribution in [0.5, 0.6) is 0 Å². The van der Waals surface area contributed by atoms with E-state index in [0.717, 1.165) is 13.0 Å². The summed E-state index contributed by atoms with van der Waals surface area (Å²) in [5.74, 6) is 0. The van der Waals surface area contributed by atoms with Crippen LogP contribution in [0, 0.1) is 0 Å². The van der Waals surface area contributed by atoms with E-state index < -0.39 is 7.60 Å². The average Bonchev–Trinajstić information content (AvgIpc) is 2.19. The second kappa shape index (κ2) is 5.11. The molecule has 1 fully saturated rings. The van der Waals surface area contributed by atoms with Crippen molar-refractivity contribution >= 4 is 7.60 Å². The summed E-state index contributed by atoms with van der Waals surface area (Å²) in [6.45, 7) is 1.01. The Bertz CT molecular complexity index is 184. The molecule has 78 valence electrons. The van der Waals surface area contributed by atoms with E-state index in [-0.39, 0.29) is 0 Å².